The fourth-order valence-electron chi connectivity index (χ4n) is 0.943. The third kappa shape index (κ3) is 2.55. The van der Waals surface area contributed by atoms with E-state index in [1.54, 1.807) is 0 Å². The molecule has 0 unspecified atom stereocenters. The van der Waals surface area contributed by atoms with E-state index in [1.165, 1.54) is 18.3 Å². The molecule has 0 aliphatic carbocycles. The number of amides is 1. The molecule has 1 amide bonds. The monoisotopic (exact) mass is 194 g/mol. The number of hydrogen-bond acceptors (Lipinski definition) is 4. The Kier molecular flexibility index (Phi) is 3.61. The van der Waals surface area contributed by atoms with Gasteiger partial charge in [0.25, 0.3) is 5.91 Å². The van der Waals surface area contributed by atoms with Gasteiger partial charge in [0.05, 0.1) is 0 Å². The quantitative estimate of drug-likeness (QED) is 0.512. The Hall–Kier alpha value is -1.40. The van der Waals surface area contributed by atoms with Gasteiger partial charge >= 0.3 is 7.12 Å². The predicted molar refractivity (Wildman–Crippen MR) is 52.1 cm³/mol. The molecule has 5 nitrogen and oxygen atoms in total. The first-order valence-electron chi connectivity index (χ1n) is 4.25. The van der Waals surface area contributed by atoms with E-state index < -0.39 is 7.12 Å². The number of hydrogen-bond donors (Lipinski definition) is 3. The minimum Gasteiger partial charge on any atom is -0.423 e. The van der Waals surface area contributed by atoms with Gasteiger partial charge < -0.3 is 15.4 Å². The van der Waals surface area contributed by atoms with Crippen LogP contribution >= 0.6 is 0 Å². The lowest BCUT2D eigenvalue weighted by molar-refractivity contribution is 0.0951. The molecule has 1 aromatic heterocycles. The number of pyridine rings is 1. The number of carbonyl (C=O) groups is 1. The van der Waals surface area contributed by atoms with Crippen LogP contribution in [0.25, 0.3) is 0 Å². The normalized spacial score (nSPS) is 9.64. The number of rotatable bonds is 3. The fourth-order valence-corrected chi connectivity index (χ4v) is 0.943. The molecule has 0 saturated carbocycles. The largest absolute Gasteiger partial charge is 0.490 e. The summed E-state index contributed by atoms with van der Waals surface area (Å²) in [6, 6.07) is 2.89. The molecular formula is C8H11BN2O3. The van der Waals surface area contributed by atoms with Crippen molar-refractivity contribution in [1.29, 1.82) is 0 Å². The Morgan fingerprint density at radius 3 is 2.71 bits per heavy atom. The van der Waals surface area contributed by atoms with Gasteiger partial charge in [-0.2, -0.15) is 0 Å². The Morgan fingerprint density at radius 2 is 2.29 bits per heavy atom. The first-order valence-corrected chi connectivity index (χ1v) is 4.25. The summed E-state index contributed by atoms with van der Waals surface area (Å²) in [4.78, 5) is 15.0. The highest BCUT2D eigenvalue weighted by Crippen LogP contribution is 1.91. The van der Waals surface area contributed by atoms with Crippen molar-refractivity contribution in [3.8, 4) is 0 Å². The SMILES string of the molecule is CCNC(=O)c1ccc(B(O)O)cn1. The number of aromatic nitrogens is 1. The first kappa shape index (κ1) is 10.7. The summed E-state index contributed by atoms with van der Waals surface area (Å²) in [5.41, 5.74) is 0.522. The van der Waals surface area contributed by atoms with Crippen LogP contribution in [0.3, 0.4) is 0 Å². The van der Waals surface area contributed by atoms with Crippen LogP contribution in [0.1, 0.15) is 17.4 Å². The topological polar surface area (TPSA) is 82.5 Å². The Morgan fingerprint density at radius 1 is 1.57 bits per heavy atom. The molecule has 0 fully saturated rings. The lowest BCUT2D eigenvalue weighted by Crippen LogP contribution is -2.31. The standard InChI is InChI=1S/C8H11BN2O3/c1-2-10-8(12)7-4-3-6(5-11-7)9(13)14/h3-5,13-14H,2H2,1H3,(H,10,12). The van der Waals surface area contributed by atoms with E-state index >= 15 is 0 Å². The third-order valence-electron chi connectivity index (χ3n) is 1.65. The van der Waals surface area contributed by atoms with E-state index in [0.717, 1.165) is 0 Å². The molecule has 1 rings (SSSR count). The number of nitrogens with one attached hydrogen (secondary N) is 1. The second kappa shape index (κ2) is 4.73. The average molecular weight is 194 g/mol. The van der Waals surface area contributed by atoms with Crippen LogP contribution in [-0.2, 0) is 0 Å². The third-order valence-corrected chi connectivity index (χ3v) is 1.65. The van der Waals surface area contributed by atoms with Crippen molar-refractivity contribution in [2.45, 2.75) is 6.92 Å². The number of nitrogens with zero attached hydrogens (tertiary/aromatic N) is 1. The van der Waals surface area contributed by atoms with E-state index in [9.17, 15) is 4.79 Å². The summed E-state index contributed by atoms with van der Waals surface area (Å²) in [5, 5.41) is 20.1. The van der Waals surface area contributed by atoms with Crippen LogP contribution in [0.4, 0.5) is 0 Å². The predicted octanol–water partition coefficient (Wildman–Crippen LogP) is -1.49. The molecule has 3 N–H and O–H groups in total. The maximum Gasteiger partial charge on any atom is 0.490 e. The Labute approximate surface area is 81.9 Å². The van der Waals surface area contributed by atoms with Crippen molar-refractivity contribution in [2.24, 2.45) is 0 Å². The van der Waals surface area contributed by atoms with Crippen LogP contribution in [0.5, 0.6) is 0 Å². The van der Waals surface area contributed by atoms with Gasteiger partial charge in [0, 0.05) is 18.2 Å². The lowest BCUT2D eigenvalue weighted by Gasteiger charge is -2.02. The second-order valence-corrected chi connectivity index (χ2v) is 2.71. The lowest BCUT2D eigenvalue weighted by atomic mass is 9.82. The van der Waals surface area contributed by atoms with Crippen molar-refractivity contribution in [2.75, 3.05) is 6.54 Å². The zero-order valence-electron chi connectivity index (χ0n) is 7.77. The molecule has 14 heavy (non-hydrogen) atoms. The maximum absolute atomic E-state index is 11.2. The van der Waals surface area contributed by atoms with Gasteiger partial charge in [-0.3, -0.25) is 9.78 Å². The minimum atomic E-state index is -1.55. The number of carbonyl (C=O) groups excluding carboxylic acids is 1. The highest BCUT2D eigenvalue weighted by Gasteiger charge is 2.12. The smallest absolute Gasteiger partial charge is 0.423 e. The molecule has 6 heteroatoms. The van der Waals surface area contributed by atoms with Crippen molar-refractivity contribution in [1.82, 2.24) is 10.3 Å². The summed E-state index contributed by atoms with van der Waals surface area (Å²) < 4.78 is 0. The second-order valence-electron chi connectivity index (χ2n) is 2.71. The minimum absolute atomic E-state index is 0.260. The van der Waals surface area contributed by atoms with Gasteiger partial charge in [-0.1, -0.05) is 6.07 Å². The van der Waals surface area contributed by atoms with Crippen molar-refractivity contribution < 1.29 is 14.8 Å². The molecule has 0 spiro atoms. The van der Waals surface area contributed by atoms with Crippen LogP contribution in [0, 0.1) is 0 Å². The van der Waals surface area contributed by atoms with E-state index in [2.05, 4.69) is 10.3 Å². The van der Waals surface area contributed by atoms with Crippen molar-refractivity contribution in [3.63, 3.8) is 0 Å². The Bertz CT molecular complexity index is 313. The molecule has 1 aromatic rings. The van der Waals surface area contributed by atoms with Gasteiger partial charge in [0.1, 0.15) is 5.69 Å². The summed E-state index contributed by atoms with van der Waals surface area (Å²) in [5.74, 6) is -0.272. The molecule has 0 aliphatic heterocycles. The molecule has 0 aromatic carbocycles. The summed E-state index contributed by atoms with van der Waals surface area (Å²) >= 11 is 0. The summed E-state index contributed by atoms with van der Waals surface area (Å²) in [6.07, 6.45) is 1.26. The maximum atomic E-state index is 11.2. The highest BCUT2D eigenvalue weighted by molar-refractivity contribution is 6.58. The molecule has 74 valence electrons. The molecule has 0 radical (unpaired) electrons. The van der Waals surface area contributed by atoms with E-state index in [0.29, 0.717) is 6.54 Å². The fraction of sp³-hybridized carbons (Fsp3) is 0.250. The van der Waals surface area contributed by atoms with Gasteiger partial charge in [-0.25, -0.2) is 0 Å². The molecule has 0 atom stereocenters. The van der Waals surface area contributed by atoms with E-state index in [4.69, 9.17) is 10.0 Å². The van der Waals surface area contributed by atoms with E-state index in [-0.39, 0.29) is 17.1 Å². The molecular weight excluding hydrogens is 183 g/mol. The van der Waals surface area contributed by atoms with Crippen molar-refractivity contribution in [3.05, 3.63) is 24.0 Å². The molecule has 1 heterocycles. The van der Waals surface area contributed by atoms with Gasteiger partial charge in [-0.15, -0.1) is 0 Å². The molecule has 0 aliphatic rings. The van der Waals surface area contributed by atoms with Crippen LogP contribution in [-0.4, -0.2) is 34.6 Å². The summed E-state index contributed by atoms with van der Waals surface area (Å²) in [7, 11) is -1.55. The Balaban J connectivity index is 2.78. The van der Waals surface area contributed by atoms with Crippen LogP contribution < -0.4 is 10.8 Å². The average Bonchev–Trinajstić information content (AvgIpc) is 2.18. The molecule has 0 bridgehead atoms. The highest BCUT2D eigenvalue weighted by atomic mass is 16.4. The zero-order valence-corrected chi connectivity index (χ0v) is 7.77. The molecule has 0 saturated heterocycles. The van der Waals surface area contributed by atoms with Crippen LogP contribution in [0.15, 0.2) is 18.3 Å². The van der Waals surface area contributed by atoms with Crippen molar-refractivity contribution >= 4 is 18.5 Å². The van der Waals surface area contributed by atoms with Gasteiger partial charge in [0.2, 0.25) is 0 Å². The van der Waals surface area contributed by atoms with Gasteiger partial charge in [0.15, 0.2) is 0 Å². The van der Waals surface area contributed by atoms with Gasteiger partial charge in [-0.05, 0) is 13.0 Å². The van der Waals surface area contributed by atoms with E-state index in [1.807, 2.05) is 6.92 Å². The zero-order chi connectivity index (χ0) is 10.6. The first-order chi connectivity index (χ1) is 6.65. The van der Waals surface area contributed by atoms with Crippen LogP contribution in [0.2, 0.25) is 0 Å². The summed E-state index contributed by atoms with van der Waals surface area (Å²) in [6.45, 7) is 2.34.